The van der Waals surface area contributed by atoms with Gasteiger partial charge in [0.15, 0.2) is 0 Å². The van der Waals surface area contributed by atoms with Gasteiger partial charge in [-0.3, -0.25) is 10.1 Å². The normalized spacial score (nSPS) is 12.2. The Kier molecular flexibility index (Phi) is 4.94. The van der Waals surface area contributed by atoms with Gasteiger partial charge in [-0.15, -0.1) is 0 Å². The van der Waals surface area contributed by atoms with Crippen LogP contribution in [0.3, 0.4) is 0 Å². The van der Waals surface area contributed by atoms with Crippen LogP contribution in [0.2, 0.25) is 0 Å². The molecule has 0 atom stereocenters. The first-order chi connectivity index (χ1) is 8.98. The number of benzene rings is 1. The van der Waals surface area contributed by atoms with Gasteiger partial charge in [0.1, 0.15) is 0 Å². The van der Waals surface area contributed by atoms with Crippen molar-refractivity contribution in [1.29, 1.82) is 0 Å². The Hall–Kier alpha value is -0.990. The molecule has 112 valence electrons. The predicted octanol–water partition coefficient (Wildman–Crippen LogP) is 3.25. The Balaban J connectivity index is 3.99. The fourth-order valence-electron chi connectivity index (χ4n) is 2.05. The molecule has 0 aliphatic carbocycles. The number of hydrogen-bond donors (Lipinski definition) is 1. The average molecular weight is 365 g/mol. The predicted molar refractivity (Wildman–Crippen MR) is 80.3 cm³/mol. The summed E-state index contributed by atoms with van der Waals surface area (Å²) in [7, 11) is -4.03. The molecule has 0 amide bonds. The van der Waals surface area contributed by atoms with Crippen molar-refractivity contribution in [3.8, 4) is 0 Å². The second-order valence-electron chi connectivity index (χ2n) is 5.15. The number of nitrogens with zero attached hydrogens (tertiary/aromatic N) is 1. The summed E-state index contributed by atoms with van der Waals surface area (Å²) >= 11 is 3.23. The maximum Gasteiger partial charge on any atom is 0.288 e. The number of nitro benzene ring substituents is 1. The van der Waals surface area contributed by atoms with Crippen LogP contribution in [-0.2, 0) is 10.0 Å². The molecule has 2 N–H and O–H groups in total. The molecule has 1 aromatic carbocycles. The number of halogens is 1. The Bertz CT molecular complexity index is 654. The summed E-state index contributed by atoms with van der Waals surface area (Å²) in [5.41, 5.74) is 0.453. The van der Waals surface area contributed by atoms with Crippen LogP contribution in [0.25, 0.3) is 0 Å². The van der Waals surface area contributed by atoms with E-state index < -0.39 is 14.9 Å². The molecule has 0 saturated carbocycles. The van der Waals surface area contributed by atoms with Crippen molar-refractivity contribution in [3.05, 3.63) is 31.8 Å². The van der Waals surface area contributed by atoms with Crippen molar-refractivity contribution in [2.24, 2.45) is 5.14 Å². The third-order valence-corrected chi connectivity index (χ3v) is 4.74. The summed E-state index contributed by atoms with van der Waals surface area (Å²) in [5, 5.41) is 16.6. The van der Waals surface area contributed by atoms with Crippen molar-refractivity contribution >= 4 is 31.6 Å². The monoisotopic (exact) mass is 364 g/mol. The Morgan fingerprint density at radius 2 is 1.75 bits per heavy atom. The van der Waals surface area contributed by atoms with Crippen LogP contribution in [0.1, 0.15) is 50.7 Å². The van der Waals surface area contributed by atoms with Gasteiger partial charge in [0.25, 0.3) is 5.69 Å². The molecule has 0 heterocycles. The van der Waals surface area contributed by atoms with Crippen LogP contribution in [0.15, 0.2) is 15.4 Å². The van der Waals surface area contributed by atoms with Crippen molar-refractivity contribution in [2.75, 3.05) is 0 Å². The van der Waals surface area contributed by atoms with Gasteiger partial charge in [0.05, 0.1) is 19.9 Å². The van der Waals surface area contributed by atoms with Crippen molar-refractivity contribution < 1.29 is 13.3 Å². The number of rotatable bonds is 4. The minimum absolute atomic E-state index is 0.0789. The number of sulfonamides is 1. The molecule has 0 unspecified atom stereocenters. The van der Waals surface area contributed by atoms with Gasteiger partial charge in [0.2, 0.25) is 10.0 Å². The summed E-state index contributed by atoms with van der Waals surface area (Å²) in [5.74, 6) is -0.425. The lowest BCUT2D eigenvalue weighted by Gasteiger charge is -2.17. The average Bonchev–Trinajstić information content (AvgIpc) is 2.25. The zero-order valence-electron chi connectivity index (χ0n) is 11.7. The van der Waals surface area contributed by atoms with Crippen LogP contribution in [0, 0.1) is 10.1 Å². The highest BCUT2D eigenvalue weighted by atomic mass is 79.9. The minimum atomic E-state index is -4.03. The van der Waals surface area contributed by atoms with E-state index in [0.717, 1.165) is 0 Å². The number of nitrogens with two attached hydrogens (primary N) is 1. The third-order valence-electron chi connectivity index (χ3n) is 2.96. The lowest BCUT2D eigenvalue weighted by molar-refractivity contribution is -0.386. The quantitative estimate of drug-likeness (QED) is 0.653. The highest BCUT2D eigenvalue weighted by molar-refractivity contribution is 9.10. The van der Waals surface area contributed by atoms with E-state index in [4.69, 9.17) is 5.14 Å². The minimum Gasteiger partial charge on any atom is -0.258 e. The smallest absolute Gasteiger partial charge is 0.258 e. The Labute approximate surface area is 126 Å². The molecule has 0 aromatic heterocycles. The van der Waals surface area contributed by atoms with Crippen LogP contribution in [0.5, 0.6) is 0 Å². The summed E-state index contributed by atoms with van der Waals surface area (Å²) in [6.07, 6.45) is 0. The molecule has 0 bridgehead atoms. The first-order valence-electron chi connectivity index (χ1n) is 6.01. The molecule has 20 heavy (non-hydrogen) atoms. The van der Waals surface area contributed by atoms with Crippen LogP contribution in [0.4, 0.5) is 5.69 Å². The number of nitro groups is 1. The van der Waals surface area contributed by atoms with Gasteiger partial charge < -0.3 is 0 Å². The molecule has 6 nitrogen and oxygen atoms in total. The van der Waals surface area contributed by atoms with Gasteiger partial charge in [-0.2, -0.15) is 0 Å². The van der Waals surface area contributed by atoms with E-state index >= 15 is 0 Å². The van der Waals surface area contributed by atoms with Crippen molar-refractivity contribution in [1.82, 2.24) is 0 Å². The molecule has 1 aromatic rings. The van der Waals surface area contributed by atoms with Gasteiger partial charge in [-0.25, -0.2) is 13.6 Å². The second-order valence-corrected chi connectivity index (χ2v) is 7.47. The van der Waals surface area contributed by atoms with Crippen molar-refractivity contribution in [3.63, 3.8) is 0 Å². The number of hydrogen-bond acceptors (Lipinski definition) is 4. The topological polar surface area (TPSA) is 103 Å². The van der Waals surface area contributed by atoms with Gasteiger partial charge in [-0.1, -0.05) is 27.7 Å². The molecule has 0 saturated heterocycles. The van der Waals surface area contributed by atoms with E-state index in [1.165, 1.54) is 6.07 Å². The molecular formula is C12H17BrN2O4S. The molecule has 0 fully saturated rings. The lowest BCUT2D eigenvalue weighted by Crippen LogP contribution is -2.17. The van der Waals surface area contributed by atoms with E-state index in [1.807, 2.05) is 13.8 Å². The first kappa shape index (κ1) is 17.1. The number of primary sulfonamides is 1. The molecule has 0 aliphatic rings. The van der Waals surface area contributed by atoms with E-state index in [1.54, 1.807) is 13.8 Å². The van der Waals surface area contributed by atoms with Gasteiger partial charge >= 0.3 is 0 Å². The summed E-state index contributed by atoms with van der Waals surface area (Å²) < 4.78 is 23.8. The fourth-order valence-corrected chi connectivity index (χ4v) is 3.91. The van der Waals surface area contributed by atoms with Crippen LogP contribution in [-0.4, -0.2) is 13.3 Å². The standard InChI is InChI=1S/C12H17BrN2O4S/c1-6(2)8-5-9(20(14,18)19)10(7(3)4)12(11(8)13)15(16)17/h5-7H,1-4H3,(H2,14,18,19). The summed E-state index contributed by atoms with van der Waals surface area (Å²) in [4.78, 5) is 10.6. The third kappa shape index (κ3) is 3.18. The summed E-state index contributed by atoms with van der Waals surface area (Å²) in [6.45, 7) is 7.04. The van der Waals surface area contributed by atoms with E-state index in [9.17, 15) is 18.5 Å². The van der Waals surface area contributed by atoms with E-state index in [0.29, 0.717) is 10.0 Å². The van der Waals surface area contributed by atoms with Crippen LogP contribution < -0.4 is 5.14 Å². The molecular weight excluding hydrogens is 348 g/mol. The van der Waals surface area contributed by atoms with Crippen LogP contribution >= 0.6 is 15.9 Å². The molecule has 1 rings (SSSR count). The highest BCUT2D eigenvalue weighted by Crippen LogP contribution is 2.42. The first-order valence-corrected chi connectivity index (χ1v) is 8.35. The zero-order chi connectivity index (χ0) is 15.8. The van der Waals surface area contributed by atoms with E-state index in [-0.39, 0.29) is 28.0 Å². The maximum atomic E-state index is 11.8. The second kappa shape index (κ2) is 5.79. The largest absolute Gasteiger partial charge is 0.288 e. The maximum absolute atomic E-state index is 11.8. The Morgan fingerprint density at radius 3 is 2.05 bits per heavy atom. The van der Waals surface area contributed by atoms with E-state index in [2.05, 4.69) is 15.9 Å². The zero-order valence-corrected chi connectivity index (χ0v) is 14.1. The molecule has 8 heteroatoms. The van der Waals surface area contributed by atoms with Crippen molar-refractivity contribution in [2.45, 2.75) is 44.4 Å². The van der Waals surface area contributed by atoms with Gasteiger partial charge in [0, 0.05) is 0 Å². The molecule has 0 spiro atoms. The van der Waals surface area contributed by atoms with Gasteiger partial charge in [-0.05, 0) is 39.4 Å². The SMILES string of the molecule is CC(C)c1cc(S(N)(=O)=O)c(C(C)C)c([N+](=O)[O-])c1Br. The lowest BCUT2D eigenvalue weighted by atomic mass is 9.95. The molecule has 0 radical (unpaired) electrons. The highest BCUT2D eigenvalue weighted by Gasteiger charge is 2.31. The Morgan fingerprint density at radius 1 is 1.25 bits per heavy atom. The molecule has 0 aliphatic heterocycles. The fraction of sp³-hybridized carbons (Fsp3) is 0.500. The summed E-state index contributed by atoms with van der Waals surface area (Å²) in [6, 6.07) is 1.42.